The molecule has 0 aliphatic rings. The van der Waals surface area contributed by atoms with Crippen LogP contribution in [0.1, 0.15) is 18.9 Å². The predicted molar refractivity (Wildman–Crippen MR) is 56.9 cm³/mol. The lowest BCUT2D eigenvalue weighted by Crippen LogP contribution is -2.11. The minimum absolute atomic E-state index is 0.0474. The van der Waals surface area contributed by atoms with Gasteiger partial charge in [-0.15, -0.1) is 0 Å². The van der Waals surface area contributed by atoms with Crippen molar-refractivity contribution in [2.45, 2.75) is 19.5 Å². The van der Waals surface area contributed by atoms with Crippen molar-refractivity contribution in [1.82, 2.24) is 0 Å². The van der Waals surface area contributed by atoms with Crippen molar-refractivity contribution < 1.29 is 22.7 Å². The van der Waals surface area contributed by atoms with Crippen LogP contribution in [0.25, 0.3) is 0 Å². The van der Waals surface area contributed by atoms with Gasteiger partial charge in [-0.05, 0) is 12.1 Å². The Morgan fingerprint density at radius 2 is 2.00 bits per heavy atom. The van der Waals surface area contributed by atoms with E-state index >= 15 is 0 Å². The number of ether oxygens (including phenoxy) is 1. The van der Waals surface area contributed by atoms with Gasteiger partial charge in [0.25, 0.3) is 0 Å². The van der Waals surface area contributed by atoms with Crippen molar-refractivity contribution in [3.8, 4) is 5.75 Å². The van der Waals surface area contributed by atoms with Crippen LogP contribution in [0.15, 0.2) is 18.2 Å². The first-order valence-corrected chi connectivity index (χ1v) is 4.93. The number of halogens is 3. The molecule has 0 spiro atoms. The molecule has 0 bridgehead atoms. The Morgan fingerprint density at radius 1 is 1.35 bits per heavy atom. The summed E-state index contributed by atoms with van der Waals surface area (Å²) in [5.41, 5.74) is -0.785. The Kier molecular flexibility index (Phi) is 3.98. The van der Waals surface area contributed by atoms with Crippen LogP contribution in [-0.4, -0.2) is 13.0 Å². The Balaban J connectivity index is 3.10. The highest BCUT2D eigenvalue weighted by molar-refractivity contribution is 5.90. The fourth-order valence-corrected chi connectivity index (χ4v) is 1.20. The first-order valence-electron chi connectivity index (χ1n) is 4.93. The number of anilines is 1. The first kappa shape index (κ1) is 13.3. The van der Waals surface area contributed by atoms with Crippen LogP contribution in [0, 0.1) is 0 Å². The van der Waals surface area contributed by atoms with Crippen molar-refractivity contribution in [2.75, 3.05) is 12.4 Å². The molecule has 0 saturated carbocycles. The number of amides is 1. The van der Waals surface area contributed by atoms with E-state index in [1.165, 1.54) is 13.2 Å². The molecule has 6 heteroatoms. The molecule has 0 fully saturated rings. The van der Waals surface area contributed by atoms with Crippen molar-refractivity contribution in [3.05, 3.63) is 23.8 Å². The Bertz CT molecular complexity index is 416. The highest BCUT2D eigenvalue weighted by atomic mass is 19.4. The van der Waals surface area contributed by atoms with Crippen LogP contribution in [0.2, 0.25) is 0 Å². The van der Waals surface area contributed by atoms with E-state index in [-0.39, 0.29) is 23.8 Å². The van der Waals surface area contributed by atoms with E-state index in [1.807, 2.05) is 0 Å². The van der Waals surface area contributed by atoms with E-state index in [1.54, 1.807) is 6.92 Å². The number of carbonyl (C=O) groups excluding carboxylic acids is 1. The zero-order valence-electron chi connectivity index (χ0n) is 9.39. The monoisotopic (exact) mass is 247 g/mol. The zero-order valence-corrected chi connectivity index (χ0v) is 9.39. The fraction of sp³-hybridized carbons (Fsp3) is 0.364. The molecule has 0 aliphatic carbocycles. The van der Waals surface area contributed by atoms with Gasteiger partial charge in [0.1, 0.15) is 5.75 Å². The molecule has 1 amide bonds. The second-order valence-corrected chi connectivity index (χ2v) is 3.35. The molecular formula is C11H12F3NO2. The quantitative estimate of drug-likeness (QED) is 0.891. The third kappa shape index (κ3) is 3.65. The van der Waals surface area contributed by atoms with E-state index in [2.05, 4.69) is 5.32 Å². The summed E-state index contributed by atoms with van der Waals surface area (Å²) >= 11 is 0. The number of carbonyl (C=O) groups is 1. The third-order valence-electron chi connectivity index (χ3n) is 2.07. The van der Waals surface area contributed by atoms with Gasteiger partial charge in [0.15, 0.2) is 0 Å². The SMILES string of the molecule is CCC(=O)Nc1cc(OC)cc(C(F)(F)F)c1. The van der Waals surface area contributed by atoms with Crippen molar-refractivity contribution in [1.29, 1.82) is 0 Å². The number of methoxy groups -OCH3 is 1. The summed E-state index contributed by atoms with van der Waals surface area (Å²) in [6.45, 7) is 1.61. The summed E-state index contributed by atoms with van der Waals surface area (Å²) in [4.78, 5) is 11.1. The Hall–Kier alpha value is -1.72. The minimum atomic E-state index is -4.47. The highest BCUT2D eigenvalue weighted by Crippen LogP contribution is 2.34. The summed E-state index contributed by atoms with van der Waals surface area (Å²) in [5.74, 6) is -0.308. The van der Waals surface area contributed by atoms with Crippen LogP contribution in [0.3, 0.4) is 0 Å². The standard InChI is InChI=1S/C11H12F3NO2/c1-3-10(16)15-8-4-7(11(12,13)14)5-9(6-8)17-2/h4-6H,3H2,1-2H3,(H,15,16). The zero-order chi connectivity index (χ0) is 13.1. The van der Waals surface area contributed by atoms with Gasteiger partial charge in [0.2, 0.25) is 5.91 Å². The van der Waals surface area contributed by atoms with E-state index < -0.39 is 11.7 Å². The second kappa shape index (κ2) is 5.07. The molecule has 1 rings (SSSR count). The maximum Gasteiger partial charge on any atom is 0.416 e. The largest absolute Gasteiger partial charge is 0.497 e. The molecule has 17 heavy (non-hydrogen) atoms. The average molecular weight is 247 g/mol. The molecule has 0 atom stereocenters. The Labute approximate surface area is 96.6 Å². The lowest BCUT2D eigenvalue weighted by molar-refractivity contribution is -0.137. The summed E-state index contributed by atoms with van der Waals surface area (Å²) in [5, 5.41) is 2.36. The molecule has 0 unspecified atom stereocenters. The van der Waals surface area contributed by atoms with E-state index in [4.69, 9.17) is 4.74 Å². The van der Waals surface area contributed by atoms with Crippen molar-refractivity contribution in [3.63, 3.8) is 0 Å². The van der Waals surface area contributed by atoms with Crippen LogP contribution in [0.4, 0.5) is 18.9 Å². The van der Waals surface area contributed by atoms with Gasteiger partial charge < -0.3 is 10.1 Å². The summed E-state index contributed by atoms with van der Waals surface area (Å²) in [6, 6.07) is 3.08. The molecule has 1 aromatic carbocycles. The second-order valence-electron chi connectivity index (χ2n) is 3.35. The maximum atomic E-state index is 12.5. The lowest BCUT2D eigenvalue weighted by atomic mass is 10.1. The van der Waals surface area contributed by atoms with Gasteiger partial charge in [-0.1, -0.05) is 6.92 Å². The number of rotatable bonds is 3. The van der Waals surface area contributed by atoms with Gasteiger partial charge in [0.05, 0.1) is 12.7 Å². The number of nitrogens with one attached hydrogen (secondary N) is 1. The van der Waals surface area contributed by atoms with Crippen molar-refractivity contribution in [2.24, 2.45) is 0 Å². The Morgan fingerprint density at radius 3 is 2.47 bits per heavy atom. The van der Waals surface area contributed by atoms with Crippen LogP contribution < -0.4 is 10.1 Å². The molecule has 0 saturated heterocycles. The van der Waals surface area contributed by atoms with Gasteiger partial charge in [-0.3, -0.25) is 4.79 Å². The number of hydrogen-bond donors (Lipinski definition) is 1. The van der Waals surface area contributed by atoms with Crippen molar-refractivity contribution >= 4 is 11.6 Å². The molecule has 94 valence electrons. The van der Waals surface area contributed by atoms with Crippen LogP contribution in [0.5, 0.6) is 5.75 Å². The van der Waals surface area contributed by atoms with Crippen LogP contribution >= 0.6 is 0 Å². The highest BCUT2D eigenvalue weighted by Gasteiger charge is 2.31. The lowest BCUT2D eigenvalue weighted by Gasteiger charge is -2.12. The average Bonchev–Trinajstić information content (AvgIpc) is 2.27. The predicted octanol–water partition coefficient (Wildman–Crippen LogP) is 3.06. The number of alkyl halides is 3. The molecule has 0 aromatic heterocycles. The first-order chi connectivity index (χ1) is 7.86. The molecule has 0 heterocycles. The normalized spacial score (nSPS) is 11.1. The fourth-order valence-electron chi connectivity index (χ4n) is 1.20. The van der Waals surface area contributed by atoms with Gasteiger partial charge in [-0.2, -0.15) is 13.2 Å². The van der Waals surface area contributed by atoms with Gasteiger partial charge in [-0.25, -0.2) is 0 Å². The molecule has 1 N–H and O–H groups in total. The topological polar surface area (TPSA) is 38.3 Å². The minimum Gasteiger partial charge on any atom is -0.497 e. The molecule has 3 nitrogen and oxygen atoms in total. The van der Waals surface area contributed by atoms with Crippen LogP contribution in [-0.2, 0) is 11.0 Å². The smallest absolute Gasteiger partial charge is 0.416 e. The molecule has 0 aliphatic heterocycles. The number of hydrogen-bond acceptors (Lipinski definition) is 2. The summed E-state index contributed by atoms with van der Waals surface area (Å²) in [6.07, 6.45) is -4.28. The van der Waals surface area contributed by atoms with E-state index in [0.717, 1.165) is 12.1 Å². The third-order valence-corrected chi connectivity index (χ3v) is 2.07. The number of benzene rings is 1. The molecule has 1 aromatic rings. The molecular weight excluding hydrogens is 235 g/mol. The molecule has 0 radical (unpaired) electrons. The van der Waals surface area contributed by atoms with Gasteiger partial charge >= 0.3 is 6.18 Å². The van der Waals surface area contributed by atoms with E-state index in [9.17, 15) is 18.0 Å². The summed E-state index contributed by atoms with van der Waals surface area (Å²) < 4.78 is 42.4. The maximum absolute atomic E-state index is 12.5. The van der Waals surface area contributed by atoms with E-state index in [0.29, 0.717) is 0 Å². The summed E-state index contributed by atoms with van der Waals surface area (Å²) in [7, 11) is 1.26. The van der Waals surface area contributed by atoms with Gasteiger partial charge in [0, 0.05) is 18.2 Å².